The number of benzene rings is 1. The summed E-state index contributed by atoms with van der Waals surface area (Å²) in [5.74, 6) is 1.08. The molecular weight excluding hydrogens is 358 g/mol. The summed E-state index contributed by atoms with van der Waals surface area (Å²) in [4.78, 5) is 19.2. The molecule has 1 saturated heterocycles. The van der Waals surface area contributed by atoms with E-state index < -0.39 is 0 Å². The number of para-hydroxylation sites is 1. The second kappa shape index (κ2) is 6.20. The van der Waals surface area contributed by atoms with Crippen LogP contribution >= 0.6 is 15.9 Å². The standard InChI is InChI=1S/C16H18BrN5O/c1-10-8-13(15(23)19-7-6-18)22(9-10)16-20-14-11(17)4-3-5-12(14)21(16)2/h3-5,10,13H,7-9H2,1-2H3,(H,19,23)/t10?,13-/m0/s1. The van der Waals surface area contributed by atoms with Crippen LogP contribution in [-0.4, -0.2) is 34.6 Å². The minimum absolute atomic E-state index is 0.0334. The Labute approximate surface area is 143 Å². The highest BCUT2D eigenvalue weighted by Crippen LogP contribution is 2.32. The van der Waals surface area contributed by atoms with Crippen LogP contribution in [0.4, 0.5) is 5.95 Å². The zero-order valence-corrected chi connectivity index (χ0v) is 14.7. The van der Waals surface area contributed by atoms with Gasteiger partial charge in [0.2, 0.25) is 11.9 Å². The number of amides is 1. The molecule has 1 N–H and O–H groups in total. The highest BCUT2D eigenvalue weighted by atomic mass is 79.9. The number of aryl methyl sites for hydroxylation is 1. The van der Waals surface area contributed by atoms with Gasteiger partial charge in [0.1, 0.15) is 18.1 Å². The van der Waals surface area contributed by atoms with Gasteiger partial charge in [0.25, 0.3) is 0 Å². The number of hydrogen-bond acceptors (Lipinski definition) is 4. The lowest BCUT2D eigenvalue weighted by Crippen LogP contribution is -2.44. The van der Waals surface area contributed by atoms with Gasteiger partial charge in [-0.25, -0.2) is 4.98 Å². The zero-order chi connectivity index (χ0) is 16.6. The van der Waals surface area contributed by atoms with Gasteiger partial charge >= 0.3 is 0 Å². The summed E-state index contributed by atoms with van der Waals surface area (Å²) in [7, 11) is 1.96. The first kappa shape index (κ1) is 15.8. The van der Waals surface area contributed by atoms with Crippen molar-refractivity contribution in [2.45, 2.75) is 19.4 Å². The van der Waals surface area contributed by atoms with Gasteiger partial charge in [-0.1, -0.05) is 13.0 Å². The topological polar surface area (TPSA) is 74.0 Å². The molecule has 1 aromatic carbocycles. The summed E-state index contributed by atoms with van der Waals surface area (Å²) in [6.07, 6.45) is 0.766. The summed E-state index contributed by atoms with van der Waals surface area (Å²) < 4.78 is 2.96. The number of rotatable bonds is 3. The molecule has 2 aromatic rings. The molecule has 1 fully saturated rings. The summed E-state index contributed by atoms with van der Waals surface area (Å²) in [6.45, 7) is 2.94. The van der Waals surface area contributed by atoms with Crippen molar-refractivity contribution < 1.29 is 4.79 Å². The number of nitriles is 1. The number of hydrogen-bond donors (Lipinski definition) is 1. The van der Waals surface area contributed by atoms with E-state index in [0.29, 0.717) is 5.92 Å². The number of nitrogens with zero attached hydrogens (tertiary/aromatic N) is 4. The highest BCUT2D eigenvalue weighted by Gasteiger charge is 2.37. The highest BCUT2D eigenvalue weighted by molar-refractivity contribution is 9.10. The van der Waals surface area contributed by atoms with Crippen molar-refractivity contribution in [3.8, 4) is 6.07 Å². The number of nitrogens with one attached hydrogen (secondary N) is 1. The van der Waals surface area contributed by atoms with Crippen LogP contribution < -0.4 is 10.2 Å². The zero-order valence-electron chi connectivity index (χ0n) is 13.1. The third-order valence-electron chi connectivity index (χ3n) is 4.25. The Bertz CT molecular complexity index is 794. The van der Waals surface area contributed by atoms with Crippen LogP contribution in [0.3, 0.4) is 0 Å². The van der Waals surface area contributed by atoms with E-state index in [-0.39, 0.29) is 18.5 Å². The molecule has 1 unspecified atom stereocenters. The molecule has 120 valence electrons. The number of fused-ring (bicyclic) bond motifs is 1. The normalized spacial score (nSPS) is 20.7. The number of carbonyl (C=O) groups is 1. The predicted molar refractivity (Wildman–Crippen MR) is 92.0 cm³/mol. The summed E-state index contributed by atoms with van der Waals surface area (Å²) in [6, 6.07) is 7.62. The van der Waals surface area contributed by atoms with Gasteiger partial charge < -0.3 is 14.8 Å². The Kier molecular flexibility index (Phi) is 4.26. The molecule has 2 atom stereocenters. The van der Waals surface area contributed by atoms with Crippen molar-refractivity contribution in [3.63, 3.8) is 0 Å². The van der Waals surface area contributed by atoms with E-state index in [9.17, 15) is 4.79 Å². The summed E-state index contributed by atoms with van der Waals surface area (Å²) >= 11 is 3.53. The van der Waals surface area contributed by atoms with Crippen LogP contribution in [-0.2, 0) is 11.8 Å². The monoisotopic (exact) mass is 375 g/mol. The lowest BCUT2D eigenvalue weighted by molar-refractivity contribution is -0.122. The van der Waals surface area contributed by atoms with E-state index in [2.05, 4.69) is 28.2 Å². The first-order valence-electron chi connectivity index (χ1n) is 7.55. The largest absolute Gasteiger partial charge is 0.341 e. The average molecular weight is 376 g/mol. The van der Waals surface area contributed by atoms with Crippen LogP contribution in [0.25, 0.3) is 11.0 Å². The summed E-state index contributed by atoms with van der Waals surface area (Å²) in [5.41, 5.74) is 1.91. The van der Waals surface area contributed by atoms with Crippen LogP contribution in [0.5, 0.6) is 0 Å². The van der Waals surface area contributed by atoms with Crippen molar-refractivity contribution in [3.05, 3.63) is 22.7 Å². The quantitative estimate of drug-likeness (QED) is 0.834. The molecule has 7 heteroatoms. The minimum Gasteiger partial charge on any atom is -0.341 e. The third-order valence-corrected chi connectivity index (χ3v) is 4.89. The molecule has 3 rings (SSSR count). The molecule has 6 nitrogen and oxygen atoms in total. The molecule has 1 aliphatic rings. The Morgan fingerprint density at radius 3 is 3.04 bits per heavy atom. The Hall–Kier alpha value is -2.07. The summed E-state index contributed by atoms with van der Waals surface area (Å²) in [5, 5.41) is 11.3. The van der Waals surface area contributed by atoms with E-state index in [4.69, 9.17) is 10.2 Å². The fourth-order valence-corrected chi connectivity index (χ4v) is 3.63. The molecule has 0 radical (unpaired) electrons. The maximum atomic E-state index is 12.4. The van der Waals surface area contributed by atoms with Crippen molar-refractivity contribution >= 4 is 38.8 Å². The molecule has 0 aliphatic carbocycles. The van der Waals surface area contributed by atoms with E-state index >= 15 is 0 Å². The molecule has 0 bridgehead atoms. The van der Waals surface area contributed by atoms with E-state index in [1.807, 2.05) is 40.8 Å². The molecule has 1 aliphatic heterocycles. The maximum absolute atomic E-state index is 12.4. The first-order valence-corrected chi connectivity index (χ1v) is 8.34. The van der Waals surface area contributed by atoms with Gasteiger partial charge in [-0.05, 0) is 40.4 Å². The second-order valence-corrected chi connectivity index (χ2v) is 6.82. The second-order valence-electron chi connectivity index (χ2n) is 5.96. The van der Waals surface area contributed by atoms with E-state index in [0.717, 1.165) is 34.4 Å². The molecule has 1 aromatic heterocycles. The van der Waals surface area contributed by atoms with Gasteiger partial charge in [-0.2, -0.15) is 5.26 Å². The number of anilines is 1. The smallest absolute Gasteiger partial charge is 0.243 e. The maximum Gasteiger partial charge on any atom is 0.243 e. The van der Waals surface area contributed by atoms with Crippen molar-refractivity contribution in [1.82, 2.24) is 14.9 Å². The number of carbonyl (C=O) groups excluding carboxylic acids is 1. The SMILES string of the molecule is CC1C[C@@H](C(=O)NCC#N)N(c2nc3c(Br)cccc3n2C)C1. The van der Waals surface area contributed by atoms with Crippen LogP contribution in [0.15, 0.2) is 22.7 Å². The third kappa shape index (κ3) is 2.79. The Balaban J connectivity index is 1.99. The van der Waals surface area contributed by atoms with Crippen molar-refractivity contribution in [1.29, 1.82) is 5.26 Å². The number of imidazole rings is 1. The Morgan fingerprint density at radius 2 is 2.35 bits per heavy atom. The minimum atomic E-state index is -0.285. The molecule has 2 heterocycles. The molecule has 0 saturated carbocycles. The fraction of sp³-hybridized carbons (Fsp3) is 0.438. The van der Waals surface area contributed by atoms with Gasteiger partial charge in [-0.3, -0.25) is 4.79 Å². The van der Waals surface area contributed by atoms with Crippen molar-refractivity contribution in [2.75, 3.05) is 18.0 Å². The molecule has 0 spiro atoms. The van der Waals surface area contributed by atoms with Crippen LogP contribution in [0, 0.1) is 17.2 Å². The number of aromatic nitrogens is 2. The van der Waals surface area contributed by atoms with Gasteiger partial charge in [0, 0.05) is 18.1 Å². The fourth-order valence-electron chi connectivity index (χ4n) is 3.18. The van der Waals surface area contributed by atoms with E-state index in [1.165, 1.54) is 0 Å². The number of halogens is 1. The average Bonchev–Trinajstić information content (AvgIpc) is 3.07. The Morgan fingerprint density at radius 1 is 1.57 bits per heavy atom. The molecule has 23 heavy (non-hydrogen) atoms. The predicted octanol–water partition coefficient (Wildman–Crippen LogP) is 2.19. The molecular formula is C16H18BrN5O. The first-order chi connectivity index (χ1) is 11.0. The van der Waals surface area contributed by atoms with Crippen molar-refractivity contribution in [2.24, 2.45) is 13.0 Å². The lowest BCUT2D eigenvalue weighted by Gasteiger charge is -2.24. The van der Waals surface area contributed by atoms with Gasteiger partial charge in [-0.15, -0.1) is 0 Å². The van der Waals surface area contributed by atoms with E-state index in [1.54, 1.807) is 0 Å². The molecule has 1 amide bonds. The van der Waals surface area contributed by atoms with Crippen LogP contribution in [0.2, 0.25) is 0 Å². The van der Waals surface area contributed by atoms with Crippen LogP contribution in [0.1, 0.15) is 13.3 Å². The van der Waals surface area contributed by atoms with Gasteiger partial charge in [0.15, 0.2) is 0 Å². The lowest BCUT2D eigenvalue weighted by atomic mass is 10.1. The van der Waals surface area contributed by atoms with Gasteiger partial charge in [0.05, 0.1) is 11.6 Å².